The van der Waals surface area contributed by atoms with Crippen LogP contribution < -0.4 is 9.47 Å². The van der Waals surface area contributed by atoms with Gasteiger partial charge in [0.2, 0.25) is 0 Å². The average molecular weight is 292 g/mol. The Morgan fingerprint density at radius 2 is 2.05 bits per heavy atom. The molecule has 20 heavy (non-hydrogen) atoms. The lowest BCUT2D eigenvalue weighted by Gasteiger charge is -2.18. The highest BCUT2D eigenvalue weighted by Gasteiger charge is 2.16. The van der Waals surface area contributed by atoms with E-state index in [1.165, 1.54) is 0 Å². The van der Waals surface area contributed by atoms with Gasteiger partial charge in [-0.2, -0.15) is 5.10 Å². The summed E-state index contributed by atoms with van der Waals surface area (Å²) in [4.78, 5) is 1.03. The number of aliphatic hydroxyl groups is 1. The molecule has 0 saturated carbocycles. The third-order valence-corrected chi connectivity index (χ3v) is 4.37. The van der Waals surface area contributed by atoms with E-state index in [-0.39, 0.29) is 6.61 Å². The van der Waals surface area contributed by atoms with E-state index in [2.05, 4.69) is 5.10 Å². The lowest BCUT2D eigenvalue weighted by Crippen LogP contribution is -2.15. The molecule has 2 heterocycles. The lowest BCUT2D eigenvalue weighted by atomic mass is 10.3. The molecule has 5 nitrogen and oxygen atoms in total. The predicted octanol–water partition coefficient (Wildman–Crippen LogP) is 2.14. The van der Waals surface area contributed by atoms with Gasteiger partial charge in [0.15, 0.2) is 11.5 Å². The molecule has 1 aromatic heterocycles. The van der Waals surface area contributed by atoms with E-state index < -0.39 is 0 Å². The monoisotopic (exact) mass is 292 g/mol. The van der Waals surface area contributed by atoms with Crippen LogP contribution in [-0.4, -0.2) is 28.1 Å². The molecule has 0 atom stereocenters. The Balaban J connectivity index is 1.91. The fourth-order valence-corrected chi connectivity index (χ4v) is 3.22. The molecule has 2 aromatic rings. The van der Waals surface area contributed by atoms with Crippen LogP contribution in [0.2, 0.25) is 0 Å². The quantitative estimate of drug-likeness (QED) is 0.939. The summed E-state index contributed by atoms with van der Waals surface area (Å²) in [5.41, 5.74) is 1.72. The second-order valence-electron chi connectivity index (χ2n) is 4.56. The van der Waals surface area contributed by atoms with Crippen molar-refractivity contribution < 1.29 is 14.6 Å². The Morgan fingerprint density at radius 1 is 1.30 bits per heavy atom. The van der Waals surface area contributed by atoms with Gasteiger partial charge in [-0.15, -0.1) is 0 Å². The zero-order valence-electron chi connectivity index (χ0n) is 11.4. The predicted molar refractivity (Wildman–Crippen MR) is 75.4 cm³/mol. The van der Waals surface area contributed by atoms with E-state index in [0.29, 0.717) is 13.2 Å². The van der Waals surface area contributed by atoms with Crippen LogP contribution >= 0.6 is 11.8 Å². The number of hydrogen-bond acceptors (Lipinski definition) is 5. The fraction of sp³-hybridized carbons (Fsp3) is 0.357. The van der Waals surface area contributed by atoms with Crippen LogP contribution in [0.1, 0.15) is 11.3 Å². The molecular formula is C14H16N2O3S. The molecule has 0 fully saturated rings. The van der Waals surface area contributed by atoms with Gasteiger partial charge in [-0.1, -0.05) is 11.8 Å². The van der Waals surface area contributed by atoms with Gasteiger partial charge in [0.1, 0.15) is 18.2 Å². The van der Waals surface area contributed by atoms with Crippen molar-refractivity contribution in [3.05, 3.63) is 29.5 Å². The van der Waals surface area contributed by atoms with Crippen LogP contribution in [0.3, 0.4) is 0 Å². The first kappa shape index (κ1) is 13.3. The van der Waals surface area contributed by atoms with Gasteiger partial charge in [0.25, 0.3) is 0 Å². The Hall–Kier alpha value is -1.66. The van der Waals surface area contributed by atoms with Crippen molar-refractivity contribution in [2.75, 3.05) is 13.2 Å². The Bertz CT molecular complexity index is 640. The minimum absolute atomic E-state index is 0.00738. The number of rotatable bonds is 3. The third kappa shape index (κ3) is 2.36. The molecule has 3 rings (SSSR count). The number of aryl methyl sites for hydroxylation is 2. The molecule has 1 aliphatic heterocycles. The smallest absolute Gasteiger partial charge is 0.162 e. The first-order valence-electron chi connectivity index (χ1n) is 6.40. The van der Waals surface area contributed by atoms with E-state index in [4.69, 9.17) is 9.47 Å². The molecule has 0 amide bonds. The molecule has 0 saturated heterocycles. The van der Waals surface area contributed by atoms with Crippen molar-refractivity contribution in [3.63, 3.8) is 0 Å². The standard InChI is InChI=1S/C14H16N2O3S/c1-9-11(8-17)14(16(2)15-9)20-10-3-4-12-13(7-10)19-6-5-18-12/h3-4,7,17H,5-6,8H2,1-2H3. The van der Waals surface area contributed by atoms with Crippen LogP contribution in [-0.2, 0) is 13.7 Å². The Labute approximate surface area is 121 Å². The Morgan fingerprint density at radius 3 is 2.80 bits per heavy atom. The van der Waals surface area contributed by atoms with Crippen molar-refractivity contribution >= 4 is 11.8 Å². The summed E-state index contributed by atoms with van der Waals surface area (Å²) in [6.45, 7) is 3.06. The maximum absolute atomic E-state index is 9.47. The highest BCUT2D eigenvalue weighted by molar-refractivity contribution is 7.99. The van der Waals surface area contributed by atoms with E-state index in [1.54, 1.807) is 16.4 Å². The molecule has 0 radical (unpaired) electrons. The second kappa shape index (κ2) is 5.38. The number of ether oxygens (including phenoxy) is 2. The first-order chi connectivity index (χ1) is 9.69. The van der Waals surface area contributed by atoms with Crippen LogP contribution in [0.4, 0.5) is 0 Å². The number of fused-ring (bicyclic) bond motifs is 1. The van der Waals surface area contributed by atoms with Crippen molar-refractivity contribution in [1.29, 1.82) is 0 Å². The van der Waals surface area contributed by atoms with Crippen molar-refractivity contribution in [2.24, 2.45) is 7.05 Å². The van der Waals surface area contributed by atoms with Crippen LogP contribution in [0.25, 0.3) is 0 Å². The molecule has 0 bridgehead atoms. The SMILES string of the molecule is Cc1nn(C)c(Sc2ccc3c(c2)OCCO3)c1CO. The van der Waals surface area contributed by atoms with Gasteiger partial charge >= 0.3 is 0 Å². The zero-order chi connectivity index (χ0) is 14.1. The summed E-state index contributed by atoms with van der Waals surface area (Å²) in [5.74, 6) is 1.55. The van der Waals surface area contributed by atoms with Gasteiger partial charge in [-0.3, -0.25) is 4.68 Å². The molecule has 1 aliphatic rings. The van der Waals surface area contributed by atoms with Gasteiger partial charge in [0.05, 0.1) is 12.3 Å². The number of aliphatic hydroxyl groups excluding tert-OH is 1. The maximum atomic E-state index is 9.47. The van der Waals surface area contributed by atoms with E-state index in [1.807, 2.05) is 32.2 Å². The average Bonchev–Trinajstić information content (AvgIpc) is 2.72. The minimum Gasteiger partial charge on any atom is -0.486 e. The summed E-state index contributed by atoms with van der Waals surface area (Å²) in [7, 11) is 1.88. The molecule has 1 N–H and O–H groups in total. The summed E-state index contributed by atoms with van der Waals surface area (Å²) < 4.78 is 12.9. The lowest BCUT2D eigenvalue weighted by molar-refractivity contribution is 0.171. The molecule has 106 valence electrons. The highest BCUT2D eigenvalue weighted by atomic mass is 32.2. The van der Waals surface area contributed by atoms with Gasteiger partial charge in [-0.25, -0.2) is 0 Å². The van der Waals surface area contributed by atoms with E-state index in [9.17, 15) is 5.11 Å². The van der Waals surface area contributed by atoms with Gasteiger partial charge < -0.3 is 14.6 Å². The van der Waals surface area contributed by atoms with Gasteiger partial charge in [0, 0.05) is 17.5 Å². The third-order valence-electron chi connectivity index (χ3n) is 3.18. The zero-order valence-corrected chi connectivity index (χ0v) is 12.2. The molecular weight excluding hydrogens is 276 g/mol. The molecule has 0 aliphatic carbocycles. The number of aromatic nitrogens is 2. The van der Waals surface area contributed by atoms with E-state index in [0.717, 1.165) is 32.7 Å². The summed E-state index contributed by atoms with van der Waals surface area (Å²) >= 11 is 1.56. The molecule has 0 spiro atoms. The first-order valence-corrected chi connectivity index (χ1v) is 7.21. The van der Waals surface area contributed by atoms with Crippen molar-refractivity contribution in [1.82, 2.24) is 9.78 Å². The topological polar surface area (TPSA) is 56.5 Å². The van der Waals surface area contributed by atoms with Crippen molar-refractivity contribution in [3.8, 4) is 11.5 Å². The van der Waals surface area contributed by atoms with Crippen molar-refractivity contribution in [2.45, 2.75) is 23.5 Å². The van der Waals surface area contributed by atoms with E-state index >= 15 is 0 Å². The van der Waals surface area contributed by atoms with Crippen LogP contribution in [0.15, 0.2) is 28.1 Å². The number of nitrogens with zero attached hydrogens (tertiary/aromatic N) is 2. The maximum Gasteiger partial charge on any atom is 0.162 e. The van der Waals surface area contributed by atoms with Crippen LogP contribution in [0, 0.1) is 6.92 Å². The fourth-order valence-electron chi connectivity index (χ4n) is 2.19. The summed E-state index contributed by atoms with van der Waals surface area (Å²) in [5, 5.41) is 14.8. The van der Waals surface area contributed by atoms with Crippen LogP contribution in [0.5, 0.6) is 11.5 Å². The normalized spacial score (nSPS) is 13.6. The second-order valence-corrected chi connectivity index (χ2v) is 5.62. The minimum atomic E-state index is -0.00738. The summed E-state index contributed by atoms with van der Waals surface area (Å²) in [6.07, 6.45) is 0. The Kier molecular flexibility index (Phi) is 3.58. The molecule has 6 heteroatoms. The highest BCUT2D eigenvalue weighted by Crippen LogP contribution is 2.38. The molecule has 1 aromatic carbocycles. The molecule has 0 unspecified atom stereocenters. The number of hydrogen-bond donors (Lipinski definition) is 1. The summed E-state index contributed by atoms with van der Waals surface area (Å²) in [6, 6.07) is 5.86. The largest absolute Gasteiger partial charge is 0.486 e. The number of benzene rings is 1. The van der Waals surface area contributed by atoms with Gasteiger partial charge in [-0.05, 0) is 25.1 Å².